The zero-order valence-electron chi connectivity index (χ0n) is 9.88. The summed E-state index contributed by atoms with van der Waals surface area (Å²) in [7, 11) is 0. The summed E-state index contributed by atoms with van der Waals surface area (Å²) in [6.07, 6.45) is 0. The van der Waals surface area contributed by atoms with Crippen LogP contribution in [0.3, 0.4) is 0 Å². The molecule has 0 unspecified atom stereocenters. The van der Waals surface area contributed by atoms with Gasteiger partial charge in [0.2, 0.25) is 0 Å². The molecule has 7 heteroatoms. The average Bonchev–Trinajstić information content (AvgIpc) is 2.42. The van der Waals surface area contributed by atoms with Crippen molar-refractivity contribution in [3.05, 3.63) is 57.6 Å². The highest BCUT2D eigenvalue weighted by Gasteiger charge is 2.18. The number of halogens is 4. The Kier molecular flexibility index (Phi) is 4.11. The van der Waals surface area contributed by atoms with Crippen LogP contribution in [-0.4, -0.2) is 5.91 Å². The standard InChI is InChI=1S/C13H8Cl2F2N2O/c14-7-3-1-2-6(10(7)15)13(20)19-12-9(18)5-4-8(16)11(12)17/h1-5H,18H2,(H,19,20). The lowest BCUT2D eigenvalue weighted by molar-refractivity contribution is 0.102. The fourth-order valence-corrected chi connectivity index (χ4v) is 1.94. The Morgan fingerprint density at radius 3 is 2.55 bits per heavy atom. The van der Waals surface area contributed by atoms with Gasteiger partial charge in [0, 0.05) is 0 Å². The third-order valence-electron chi connectivity index (χ3n) is 2.56. The molecule has 2 aromatic rings. The van der Waals surface area contributed by atoms with E-state index in [1.807, 2.05) is 0 Å². The second kappa shape index (κ2) is 5.64. The highest BCUT2D eigenvalue weighted by molar-refractivity contribution is 6.44. The summed E-state index contributed by atoms with van der Waals surface area (Å²) in [6, 6.07) is 6.42. The van der Waals surface area contributed by atoms with Crippen LogP contribution in [0.4, 0.5) is 20.2 Å². The highest BCUT2D eigenvalue weighted by atomic mass is 35.5. The summed E-state index contributed by atoms with van der Waals surface area (Å²) in [5.74, 6) is -3.10. The van der Waals surface area contributed by atoms with Crippen molar-refractivity contribution >= 4 is 40.5 Å². The molecule has 0 heterocycles. The zero-order chi connectivity index (χ0) is 14.9. The summed E-state index contributed by atoms with van der Waals surface area (Å²) in [4.78, 5) is 12.0. The molecule has 0 atom stereocenters. The number of carbonyl (C=O) groups excluding carboxylic acids is 1. The van der Waals surface area contributed by atoms with E-state index in [1.54, 1.807) is 0 Å². The van der Waals surface area contributed by atoms with Crippen LogP contribution in [0.1, 0.15) is 10.4 Å². The van der Waals surface area contributed by atoms with Gasteiger partial charge in [-0.1, -0.05) is 29.3 Å². The van der Waals surface area contributed by atoms with Gasteiger partial charge in [-0.3, -0.25) is 4.79 Å². The van der Waals surface area contributed by atoms with Crippen LogP contribution < -0.4 is 11.1 Å². The molecule has 0 bridgehead atoms. The van der Waals surface area contributed by atoms with E-state index in [-0.39, 0.29) is 21.3 Å². The largest absolute Gasteiger partial charge is 0.397 e. The number of nitrogen functional groups attached to an aromatic ring is 1. The zero-order valence-corrected chi connectivity index (χ0v) is 11.4. The molecule has 0 saturated heterocycles. The first-order chi connectivity index (χ1) is 9.41. The van der Waals surface area contributed by atoms with Crippen LogP contribution in [0.5, 0.6) is 0 Å². The predicted octanol–water partition coefficient (Wildman–Crippen LogP) is 4.11. The number of benzene rings is 2. The molecule has 0 aliphatic rings. The summed E-state index contributed by atoms with van der Waals surface area (Å²) in [6.45, 7) is 0. The van der Waals surface area contributed by atoms with Gasteiger partial charge in [0.25, 0.3) is 5.91 Å². The molecule has 0 radical (unpaired) electrons. The lowest BCUT2D eigenvalue weighted by atomic mass is 10.2. The fourth-order valence-electron chi connectivity index (χ4n) is 1.55. The topological polar surface area (TPSA) is 55.1 Å². The number of carbonyl (C=O) groups is 1. The van der Waals surface area contributed by atoms with Gasteiger partial charge in [-0.05, 0) is 24.3 Å². The third-order valence-corrected chi connectivity index (χ3v) is 3.38. The van der Waals surface area contributed by atoms with Gasteiger partial charge in [0.1, 0.15) is 5.69 Å². The molecule has 3 nitrogen and oxygen atoms in total. The lowest BCUT2D eigenvalue weighted by Gasteiger charge is -2.11. The molecular formula is C13H8Cl2F2N2O. The number of amides is 1. The van der Waals surface area contributed by atoms with Gasteiger partial charge in [-0.2, -0.15) is 0 Å². The van der Waals surface area contributed by atoms with E-state index < -0.39 is 23.2 Å². The average molecular weight is 317 g/mol. The van der Waals surface area contributed by atoms with E-state index in [9.17, 15) is 13.6 Å². The molecular weight excluding hydrogens is 309 g/mol. The number of nitrogens with one attached hydrogen (secondary N) is 1. The van der Waals surface area contributed by atoms with Crippen molar-refractivity contribution in [1.82, 2.24) is 0 Å². The minimum absolute atomic E-state index is 0.0158. The van der Waals surface area contributed by atoms with Crippen LogP contribution in [0.15, 0.2) is 30.3 Å². The summed E-state index contributed by atoms with van der Waals surface area (Å²) in [5.41, 5.74) is 4.99. The van der Waals surface area contributed by atoms with Gasteiger partial charge < -0.3 is 11.1 Å². The molecule has 0 fully saturated rings. The second-order valence-electron chi connectivity index (χ2n) is 3.88. The quantitative estimate of drug-likeness (QED) is 0.819. The van der Waals surface area contributed by atoms with E-state index in [0.29, 0.717) is 0 Å². The van der Waals surface area contributed by atoms with Crippen LogP contribution in [0, 0.1) is 11.6 Å². The van der Waals surface area contributed by atoms with Crippen LogP contribution >= 0.6 is 23.2 Å². The van der Waals surface area contributed by atoms with Crippen molar-refractivity contribution in [1.29, 1.82) is 0 Å². The normalized spacial score (nSPS) is 10.4. The van der Waals surface area contributed by atoms with Gasteiger partial charge in [-0.25, -0.2) is 8.78 Å². The minimum atomic E-state index is -1.24. The SMILES string of the molecule is Nc1ccc(F)c(F)c1NC(=O)c1cccc(Cl)c1Cl. The molecule has 20 heavy (non-hydrogen) atoms. The van der Waals surface area contributed by atoms with Crippen molar-refractivity contribution in [2.75, 3.05) is 11.1 Å². The Morgan fingerprint density at radius 2 is 1.85 bits per heavy atom. The molecule has 3 N–H and O–H groups in total. The first-order valence-electron chi connectivity index (χ1n) is 5.40. The molecule has 0 aliphatic carbocycles. The maximum atomic E-state index is 13.6. The number of nitrogens with two attached hydrogens (primary N) is 1. The Balaban J connectivity index is 2.38. The smallest absolute Gasteiger partial charge is 0.257 e. The van der Waals surface area contributed by atoms with E-state index in [4.69, 9.17) is 28.9 Å². The molecule has 2 aromatic carbocycles. The van der Waals surface area contributed by atoms with Crippen molar-refractivity contribution in [2.45, 2.75) is 0 Å². The number of rotatable bonds is 2. The molecule has 0 spiro atoms. The minimum Gasteiger partial charge on any atom is -0.397 e. The van der Waals surface area contributed by atoms with E-state index in [2.05, 4.69) is 5.32 Å². The molecule has 2 rings (SSSR count). The molecule has 0 saturated carbocycles. The van der Waals surface area contributed by atoms with Gasteiger partial charge in [0.15, 0.2) is 11.6 Å². The predicted molar refractivity (Wildman–Crippen MR) is 75.2 cm³/mol. The molecule has 0 aliphatic heterocycles. The molecule has 1 amide bonds. The van der Waals surface area contributed by atoms with Crippen LogP contribution in [0.2, 0.25) is 10.0 Å². The number of hydrogen-bond donors (Lipinski definition) is 2. The Labute approximate surface area is 123 Å². The second-order valence-corrected chi connectivity index (χ2v) is 4.67. The first kappa shape index (κ1) is 14.6. The van der Waals surface area contributed by atoms with Gasteiger partial charge >= 0.3 is 0 Å². The highest BCUT2D eigenvalue weighted by Crippen LogP contribution is 2.28. The third kappa shape index (κ3) is 2.69. The van der Waals surface area contributed by atoms with E-state index >= 15 is 0 Å². The fraction of sp³-hybridized carbons (Fsp3) is 0. The number of anilines is 2. The number of hydrogen-bond acceptors (Lipinski definition) is 2. The van der Waals surface area contributed by atoms with Crippen molar-refractivity contribution in [3.8, 4) is 0 Å². The van der Waals surface area contributed by atoms with Crippen LogP contribution in [-0.2, 0) is 0 Å². The maximum absolute atomic E-state index is 13.6. The van der Waals surface area contributed by atoms with Gasteiger partial charge in [-0.15, -0.1) is 0 Å². The van der Waals surface area contributed by atoms with Crippen molar-refractivity contribution in [3.63, 3.8) is 0 Å². The monoisotopic (exact) mass is 316 g/mol. The summed E-state index contributed by atoms with van der Waals surface area (Å²) >= 11 is 11.7. The Bertz CT molecular complexity index is 692. The summed E-state index contributed by atoms with van der Waals surface area (Å²) < 4.78 is 26.7. The van der Waals surface area contributed by atoms with Crippen molar-refractivity contribution < 1.29 is 13.6 Å². The van der Waals surface area contributed by atoms with Gasteiger partial charge in [0.05, 0.1) is 21.3 Å². The summed E-state index contributed by atoms with van der Waals surface area (Å²) in [5, 5.41) is 2.37. The van der Waals surface area contributed by atoms with E-state index in [1.165, 1.54) is 18.2 Å². The first-order valence-corrected chi connectivity index (χ1v) is 6.16. The lowest BCUT2D eigenvalue weighted by Crippen LogP contribution is -2.15. The Morgan fingerprint density at radius 1 is 1.15 bits per heavy atom. The van der Waals surface area contributed by atoms with Crippen molar-refractivity contribution in [2.24, 2.45) is 0 Å². The molecule has 0 aromatic heterocycles. The Hall–Kier alpha value is -1.85. The maximum Gasteiger partial charge on any atom is 0.257 e. The van der Waals surface area contributed by atoms with E-state index in [0.717, 1.165) is 12.1 Å². The van der Waals surface area contributed by atoms with Crippen LogP contribution in [0.25, 0.3) is 0 Å². The molecule has 104 valence electrons.